The van der Waals surface area contributed by atoms with Crippen molar-refractivity contribution in [3.05, 3.63) is 39.8 Å². The van der Waals surface area contributed by atoms with Crippen molar-refractivity contribution in [2.24, 2.45) is 5.92 Å². The average Bonchev–Trinajstić information content (AvgIpc) is 2.90. The van der Waals surface area contributed by atoms with Crippen LogP contribution in [0.25, 0.3) is 10.6 Å². The second-order valence-corrected chi connectivity index (χ2v) is 7.38. The first-order chi connectivity index (χ1) is 11.0. The number of carbonyl (C=O) groups excluding carboxylic acids is 1. The highest BCUT2D eigenvalue weighted by molar-refractivity contribution is 9.10. The summed E-state index contributed by atoms with van der Waals surface area (Å²) in [5.41, 5.74) is 1.75. The fourth-order valence-corrected chi connectivity index (χ4v) is 3.74. The molecule has 120 valence electrons. The van der Waals surface area contributed by atoms with Crippen LogP contribution in [0.5, 0.6) is 0 Å². The first kappa shape index (κ1) is 16.1. The number of rotatable bonds is 5. The highest BCUT2D eigenvalue weighted by Gasteiger charge is 2.35. The molecule has 1 aromatic heterocycles. The van der Waals surface area contributed by atoms with Gasteiger partial charge >= 0.3 is 5.97 Å². The van der Waals surface area contributed by atoms with Crippen LogP contribution in [0.3, 0.4) is 0 Å². The molecule has 2 N–H and O–H groups in total. The summed E-state index contributed by atoms with van der Waals surface area (Å²) in [6.45, 7) is 0. The van der Waals surface area contributed by atoms with Crippen LogP contribution in [0.4, 0.5) is 0 Å². The van der Waals surface area contributed by atoms with Crippen LogP contribution in [-0.4, -0.2) is 28.0 Å². The smallest absolute Gasteiger partial charge is 0.306 e. The van der Waals surface area contributed by atoms with Gasteiger partial charge in [0.2, 0.25) is 5.91 Å². The molecular formula is C16H15BrN2O3S. The van der Waals surface area contributed by atoms with Crippen molar-refractivity contribution in [2.45, 2.75) is 25.3 Å². The van der Waals surface area contributed by atoms with Crippen molar-refractivity contribution in [1.82, 2.24) is 10.3 Å². The van der Waals surface area contributed by atoms with Crippen LogP contribution >= 0.6 is 27.3 Å². The Morgan fingerprint density at radius 2 is 2.17 bits per heavy atom. The number of carbonyl (C=O) groups is 2. The lowest BCUT2D eigenvalue weighted by molar-refractivity contribution is -0.146. The zero-order valence-corrected chi connectivity index (χ0v) is 14.6. The minimum absolute atomic E-state index is 0.0215. The van der Waals surface area contributed by atoms with Crippen LogP contribution in [0.2, 0.25) is 0 Å². The van der Waals surface area contributed by atoms with Crippen LogP contribution in [0.1, 0.15) is 18.5 Å². The molecule has 0 unspecified atom stereocenters. The summed E-state index contributed by atoms with van der Waals surface area (Å²) in [5, 5.41) is 14.5. The molecule has 3 rings (SSSR count). The van der Waals surface area contributed by atoms with Crippen LogP contribution in [0.15, 0.2) is 34.1 Å². The number of aliphatic carboxylic acids is 1. The molecule has 1 aromatic carbocycles. The highest BCUT2D eigenvalue weighted by Crippen LogP contribution is 2.28. The van der Waals surface area contributed by atoms with Gasteiger partial charge in [0, 0.05) is 21.5 Å². The van der Waals surface area contributed by atoms with Gasteiger partial charge in [0.25, 0.3) is 0 Å². The lowest BCUT2D eigenvalue weighted by atomic mass is 9.80. The molecule has 0 spiro atoms. The zero-order valence-electron chi connectivity index (χ0n) is 12.2. The molecule has 23 heavy (non-hydrogen) atoms. The predicted octanol–water partition coefficient (Wildman–Crippen LogP) is 3.09. The Labute approximate surface area is 145 Å². The summed E-state index contributed by atoms with van der Waals surface area (Å²) in [6, 6.07) is 7.85. The molecule has 1 aliphatic carbocycles. The molecular weight excluding hydrogens is 380 g/mol. The predicted molar refractivity (Wildman–Crippen MR) is 91.2 cm³/mol. The van der Waals surface area contributed by atoms with Crippen molar-refractivity contribution in [1.29, 1.82) is 0 Å². The molecule has 0 atom stereocenters. The molecule has 1 amide bonds. The molecule has 1 aliphatic rings. The van der Waals surface area contributed by atoms with Gasteiger partial charge in [-0.05, 0) is 25.0 Å². The SMILES string of the molecule is O=C(Cc1csc(-c2cccc(Br)c2)n1)NC1CC(C(=O)O)C1. The number of thiazole rings is 1. The number of nitrogens with one attached hydrogen (secondary N) is 1. The van der Waals surface area contributed by atoms with E-state index in [1.165, 1.54) is 11.3 Å². The summed E-state index contributed by atoms with van der Waals surface area (Å²) in [7, 11) is 0. The Bertz CT molecular complexity index is 740. The number of hydrogen-bond acceptors (Lipinski definition) is 4. The summed E-state index contributed by atoms with van der Waals surface area (Å²) >= 11 is 4.94. The molecule has 0 aliphatic heterocycles. The Kier molecular flexibility index (Phi) is 4.77. The molecule has 1 saturated carbocycles. The molecule has 5 nitrogen and oxygen atoms in total. The number of amides is 1. The Morgan fingerprint density at radius 3 is 2.87 bits per heavy atom. The van der Waals surface area contributed by atoms with E-state index in [0.29, 0.717) is 12.8 Å². The van der Waals surface area contributed by atoms with E-state index in [0.717, 1.165) is 20.7 Å². The Morgan fingerprint density at radius 1 is 1.39 bits per heavy atom. The largest absolute Gasteiger partial charge is 0.481 e. The third kappa shape index (κ3) is 3.97. The van der Waals surface area contributed by atoms with Gasteiger partial charge in [-0.3, -0.25) is 9.59 Å². The fourth-order valence-electron chi connectivity index (χ4n) is 2.52. The third-order valence-electron chi connectivity index (χ3n) is 3.82. The van der Waals surface area contributed by atoms with Crippen LogP contribution < -0.4 is 5.32 Å². The molecule has 0 radical (unpaired) electrons. The van der Waals surface area contributed by atoms with Crippen molar-refractivity contribution >= 4 is 39.1 Å². The van der Waals surface area contributed by atoms with Crippen molar-refractivity contribution < 1.29 is 14.7 Å². The van der Waals surface area contributed by atoms with E-state index in [4.69, 9.17) is 5.11 Å². The standard InChI is InChI=1S/C16H15BrN2O3S/c17-11-3-1-2-9(4-11)15-19-13(8-23-15)7-14(20)18-12-5-10(6-12)16(21)22/h1-4,8,10,12H,5-7H2,(H,18,20)(H,21,22). The normalized spacial score (nSPS) is 19.9. The number of aromatic nitrogens is 1. The van der Waals surface area contributed by atoms with E-state index < -0.39 is 5.97 Å². The minimum atomic E-state index is -0.784. The van der Waals surface area contributed by atoms with E-state index in [2.05, 4.69) is 26.2 Å². The van der Waals surface area contributed by atoms with E-state index in [1.807, 2.05) is 29.6 Å². The van der Waals surface area contributed by atoms with Crippen LogP contribution in [-0.2, 0) is 16.0 Å². The van der Waals surface area contributed by atoms with E-state index in [9.17, 15) is 9.59 Å². The number of hydrogen-bond donors (Lipinski definition) is 2. The van der Waals surface area contributed by atoms with Gasteiger partial charge in [-0.15, -0.1) is 11.3 Å². The minimum Gasteiger partial charge on any atom is -0.481 e. The monoisotopic (exact) mass is 394 g/mol. The second-order valence-electron chi connectivity index (χ2n) is 5.60. The number of halogens is 1. The highest BCUT2D eigenvalue weighted by atomic mass is 79.9. The summed E-state index contributed by atoms with van der Waals surface area (Å²) < 4.78 is 0.988. The average molecular weight is 395 g/mol. The molecule has 2 aromatic rings. The van der Waals surface area contributed by atoms with Gasteiger partial charge in [0.1, 0.15) is 5.01 Å². The van der Waals surface area contributed by atoms with E-state index in [-0.39, 0.29) is 24.3 Å². The quantitative estimate of drug-likeness (QED) is 0.816. The molecule has 1 heterocycles. The lowest BCUT2D eigenvalue weighted by Crippen LogP contribution is -2.47. The van der Waals surface area contributed by atoms with E-state index in [1.54, 1.807) is 0 Å². The van der Waals surface area contributed by atoms with Gasteiger partial charge in [0.15, 0.2) is 0 Å². The molecule has 0 saturated heterocycles. The maximum atomic E-state index is 12.0. The number of carboxylic acid groups (broad SMARTS) is 1. The fraction of sp³-hybridized carbons (Fsp3) is 0.312. The number of benzene rings is 1. The maximum Gasteiger partial charge on any atom is 0.306 e. The Balaban J connectivity index is 1.55. The van der Waals surface area contributed by atoms with Gasteiger partial charge < -0.3 is 10.4 Å². The van der Waals surface area contributed by atoms with Gasteiger partial charge in [-0.1, -0.05) is 28.1 Å². The first-order valence-electron chi connectivity index (χ1n) is 7.24. The van der Waals surface area contributed by atoms with Crippen molar-refractivity contribution in [2.75, 3.05) is 0 Å². The van der Waals surface area contributed by atoms with E-state index >= 15 is 0 Å². The molecule has 0 bridgehead atoms. The van der Waals surface area contributed by atoms with Crippen LogP contribution in [0, 0.1) is 5.92 Å². The number of nitrogens with zero attached hydrogens (tertiary/aromatic N) is 1. The number of carboxylic acids is 1. The maximum absolute atomic E-state index is 12.0. The lowest BCUT2D eigenvalue weighted by Gasteiger charge is -2.32. The zero-order chi connectivity index (χ0) is 16.4. The molecule has 7 heteroatoms. The first-order valence-corrected chi connectivity index (χ1v) is 8.91. The molecule has 1 fully saturated rings. The second kappa shape index (κ2) is 6.80. The summed E-state index contributed by atoms with van der Waals surface area (Å²) in [5.74, 6) is -1.21. The third-order valence-corrected chi connectivity index (χ3v) is 5.25. The van der Waals surface area contributed by atoms with Gasteiger partial charge in [0.05, 0.1) is 18.0 Å². The van der Waals surface area contributed by atoms with Crippen molar-refractivity contribution in [3.8, 4) is 10.6 Å². The topological polar surface area (TPSA) is 79.3 Å². The summed E-state index contributed by atoms with van der Waals surface area (Å²) in [6.07, 6.45) is 1.25. The Hall–Kier alpha value is -1.73. The summed E-state index contributed by atoms with van der Waals surface area (Å²) in [4.78, 5) is 27.2. The van der Waals surface area contributed by atoms with Crippen molar-refractivity contribution in [3.63, 3.8) is 0 Å². The van der Waals surface area contributed by atoms with Gasteiger partial charge in [-0.25, -0.2) is 4.98 Å². The van der Waals surface area contributed by atoms with Gasteiger partial charge in [-0.2, -0.15) is 0 Å².